The molecule has 7 nitrogen and oxygen atoms in total. The SMILES string of the molecule is CCCn1cc(S(=O)(=O)NC(CC)c2ncc[nH]2)nc1C. The molecular formula is C13H21N5O2S. The van der Waals surface area contributed by atoms with E-state index in [0.29, 0.717) is 18.1 Å². The van der Waals surface area contributed by atoms with Crippen molar-refractivity contribution in [3.05, 3.63) is 30.2 Å². The van der Waals surface area contributed by atoms with Crippen LogP contribution in [0.15, 0.2) is 23.6 Å². The molecule has 0 bridgehead atoms. The summed E-state index contributed by atoms with van der Waals surface area (Å²) in [4.78, 5) is 11.2. The van der Waals surface area contributed by atoms with Crippen LogP contribution in [0, 0.1) is 6.92 Å². The fourth-order valence-electron chi connectivity index (χ4n) is 2.12. The van der Waals surface area contributed by atoms with E-state index in [0.717, 1.165) is 13.0 Å². The van der Waals surface area contributed by atoms with Gasteiger partial charge < -0.3 is 9.55 Å². The number of nitrogens with zero attached hydrogens (tertiary/aromatic N) is 3. The average molecular weight is 311 g/mol. The molecule has 21 heavy (non-hydrogen) atoms. The summed E-state index contributed by atoms with van der Waals surface area (Å²) in [6.07, 6.45) is 6.38. The Bertz CT molecular complexity index is 675. The monoisotopic (exact) mass is 311 g/mol. The molecular weight excluding hydrogens is 290 g/mol. The van der Waals surface area contributed by atoms with Gasteiger partial charge in [0.05, 0.1) is 6.04 Å². The third-order valence-corrected chi connectivity index (χ3v) is 4.59. The third kappa shape index (κ3) is 3.51. The van der Waals surface area contributed by atoms with Crippen molar-refractivity contribution in [1.82, 2.24) is 24.2 Å². The van der Waals surface area contributed by atoms with Gasteiger partial charge in [-0.25, -0.2) is 18.4 Å². The number of H-pyrrole nitrogens is 1. The van der Waals surface area contributed by atoms with E-state index in [1.807, 2.05) is 18.4 Å². The number of aromatic amines is 1. The molecule has 2 heterocycles. The molecule has 0 aliphatic carbocycles. The van der Waals surface area contributed by atoms with Crippen LogP contribution in [0.1, 0.15) is 44.4 Å². The van der Waals surface area contributed by atoms with E-state index >= 15 is 0 Å². The predicted molar refractivity (Wildman–Crippen MR) is 79.2 cm³/mol. The minimum atomic E-state index is -3.66. The van der Waals surface area contributed by atoms with E-state index in [1.165, 1.54) is 0 Å². The molecule has 8 heteroatoms. The molecule has 0 aliphatic heterocycles. The summed E-state index contributed by atoms with van der Waals surface area (Å²) in [5.41, 5.74) is 0. The summed E-state index contributed by atoms with van der Waals surface area (Å²) in [5.74, 6) is 1.30. The Kier molecular flexibility index (Phi) is 4.79. The molecule has 0 spiro atoms. The van der Waals surface area contributed by atoms with Crippen molar-refractivity contribution < 1.29 is 8.42 Å². The van der Waals surface area contributed by atoms with Crippen molar-refractivity contribution in [3.63, 3.8) is 0 Å². The average Bonchev–Trinajstić information content (AvgIpc) is 3.07. The van der Waals surface area contributed by atoms with E-state index in [9.17, 15) is 8.42 Å². The van der Waals surface area contributed by atoms with Gasteiger partial charge in [-0.05, 0) is 19.8 Å². The first-order valence-corrected chi connectivity index (χ1v) is 8.51. The minimum absolute atomic E-state index is 0.0541. The molecule has 0 saturated carbocycles. The predicted octanol–water partition coefficient (Wildman–Crippen LogP) is 1.75. The van der Waals surface area contributed by atoms with Crippen molar-refractivity contribution >= 4 is 10.0 Å². The van der Waals surface area contributed by atoms with Gasteiger partial charge in [-0.3, -0.25) is 0 Å². The molecule has 0 saturated heterocycles. The lowest BCUT2D eigenvalue weighted by Crippen LogP contribution is -2.29. The smallest absolute Gasteiger partial charge is 0.260 e. The van der Waals surface area contributed by atoms with E-state index in [2.05, 4.69) is 19.7 Å². The maximum atomic E-state index is 12.4. The van der Waals surface area contributed by atoms with Gasteiger partial charge in [-0.15, -0.1) is 0 Å². The minimum Gasteiger partial charge on any atom is -0.347 e. The summed E-state index contributed by atoms with van der Waals surface area (Å²) < 4.78 is 29.4. The first kappa shape index (κ1) is 15.7. The van der Waals surface area contributed by atoms with Gasteiger partial charge in [0.1, 0.15) is 11.6 Å². The van der Waals surface area contributed by atoms with E-state index in [-0.39, 0.29) is 11.1 Å². The summed E-state index contributed by atoms with van der Waals surface area (Å²) in [6.45, 7) is 6.49. The fraction of sp³-hybridized carbons (Fsp3) is 0.538. The molecule has 1 atom stereocenters. The first-order valence-electron chi connectivity index (χ1n) is 7.03. The van der Waals surface area contributed by atoms with Crippen molar-refractivity contribution in [2.24, 2.45) is 0 Å². The number of aromatic nitrogens is 4. The molecule has 2 aromatic rings. The first-order chi connectivity index (χ1) is 9.97. The number of hydrogen-bond donors (Lipinski definition) is 2. The second-order valence-corrected chi connectivity index (χ2v) is 6.54. The zero-order valence-corrected chi connectivity index (χ0v) is 13.3. The summed E-state index contributed by atoms with van der Waals surface area (Å²) >= 11 is 0. The lowest BCUT2D eigenvalue weighted by molar-refractivity contribution is 0.536. The number of imidazole rings is 2. The highest BCUT2D eigenvalue weighted by atomic mass is 32.2. The molecule has 0 fully saturated rings. The van der Waals surface area contributed by atoms with Gasteiger partial charge in [-0.1, -0.05) is 13.8 Å². The van der Waals surface area contributed by atoms with Gasteiger partial charge in [-0.2, -0.15) is 4.72 Å². The third-order valence-electron chi connectivity index (χ3n) is 3.25. The topological polar surface area (TPSA) is 92.7 Å². The highest BCUT2D eigenvalue weighted by molar-refractivity contribution is 7.89. The Morgan fingerprint density at radius 2 is 2.19 bits per heavy atom. The highest BCUT2D eigenvalue weighted by Gasteiger charge is 2.24. The molecule has 0 aliphatic rings. The Hall–Kier alpha value is -1.67. The van der Waals surface area contributed by atoms with Crippen LogP contribution in [0.25, 0.3) is 0 Å². The second kappa shape index (κ2) is 6.40. The van der Waals surface area contributed by atoms with Crippen molar-refractivity contribution in [2.75, 3.05) is 0 Å². The molecule has 0 aromatic carbocycles. The van der Waals surface area contributed by atoms with Crippen LogP contribution in [-0.2, 0) is 16.6 Å². The molecule has 2 aromatic heterocycles. The van der Waals surface area contributed by atoms with Crippen LogP contribution in [0.3, 0.4) is 0 Å². The van der Waals surface area contributed by atoms with Crippen LogP contribution in [0.5, 0.6) is 0 Å². The number of aryl methyl sites for hydroxylation is 2. The van der Waals surface area contributed by atoms with Gasteiger partial charge in [0.2, 0.25) is 0 Å². The Labute approximate surface area is 124 Å². The van der Waals surface area contributed by atoms with Crippen LogP contribution >= 0.6 is 0 Å². The number of rotatable bonds is 7. The maximum Gasteiger partial charge on any atom is 0.260 e. The van der Waals surface area contributed by atoms with Gasteiger partial charge in [0, 0.05) is 25.1 Å². The van der Waals surface area contributed by atoms with Crippen LogP contribution in [0.2, 0.25) is 0 Å². The number of nitrogens with one attached hydrogen (secondary N) is 2. The molecule has 2 N–H and O–H groups in total. The van der Waals surface area contributed by atoms with Crippen LogP contribution in [-0.4, -0.2) is 27.9 Å². The fourth-order valence-corrected chi connectivity index (χ4v) is 3.42. The number of sulfonamides is 1. The maximum absolute atomic E-state index is 12.4. The molecule has 1 unspecified atom stereocenters. The Morgan fingerprint density at radius 3 is 2.76 bits per heavy atom. The summed E-state index contributed by atoms with van der Waals surface area (Å²) in [7, 11) is -3.66. The summed E-state index contributed by atoms with van der Waals surface area (Å²) in [5, 5.41) is 0.0541. The quantitative estimate of drug-likeness (QED) is 0.815. The van der Waals surface area contributed by atoms with Crippen LogP contribution < -0.4 is 4.72 Å². The van der Waals surface area contributed by atoms with Crippen molar-refractivity contribution in [2.45, 2.75) is 51.2 Å². The van der Waals surface area contributed by atoms with Gasteiger partial charge in [0.15, 0.2) is 5.03 Å². The van der Waals surface area contributed by atoms with Crippen molar-refractivity contribution in [1.29, 1.82) is 0 Å². The zero-order chi connectivity index (χ0) is 15.5. The summed E-state index contributed by atoms with van der Waals surface area (Å²) in [6, 6.07) is -0.387. The molecule has 0 radical (unpaired) electrons. The molecule has 2 rings (SSSR count). The van der Waals surface area contributed by atoms with Crippen LogP contribution in [0.4, 0.5) is 0 Å². The van der Waals surface area contributed by atoms with E-state index in [1.54, 1.807) is 25.5 Å². The van der Waals surface area contributed by atoms with Gasteiger partial charge in [0.25, 0.3) is 10.0 Å². The number of hydrogen-bond acceptors (Lipinski definition) is 4. The highest BCUT2D eigenvalue weighted by Crippen LogP contribution is 2.17. The largest absolute Gasteiger partial charge is 0.347 e. The lowest BCUT2D eigenvalue weighted by atomic mass is 10.2. The van der Waals surface area contributed by atoms with Gasteiger partial charge >= 0.3 is 0 Å². The second-order valence-electron chi connectivity index (χ2n) is 4.88. The van der Waals surface area contributed by atoms with E-state index < -0.39 is 10.0 Å². The van der Waals surface area contributed by atoms with Crippen molar-refractivity contribution in [3.8, 4) is 0 Å². The lowest BCUT2D eigenvalue weighted by Gasteiger charge is -2.13. The zero-order valence-electron chi connectivity index (χ0n) is 12.5. The van der Waals surface area contributed by atoms with E-state index in [4.69, 9.17) is 0 Å². The molecule has 116 valence electrons. The Morgan fingerprint density at radius 1 is 1.43 bits per heavy atom. The molecule has 0 amide bonds. The normalized spacial score (nSPS) is 13.5. The standard InChI is InChI=1S/C13H21N5O2S/c1-4-8-18-9-12(16-10(18)3)21(19,20)17-11(5-2)13-14-6-7-15-13/h6-7,9,11,17H,4-5,8H2,1-3H3,(H,14,15). The Balaban J connectivity index is 2.23.